The maximum atomic E-state index is 12.6. The first kappa shape index (κ1) is 64.3. The summed E-state index contributed by atoms with van der Waals surface area (Å²) in [4.78, 5) is 12.6. The zero-order chi connectivity index (χ0) is 48.1. The van der Waals surface area contributed by atoms with Crippen molar-refractivity contribution in [2.75, 3.05) is 6.61 Å². The monoisotopic (exact) mass is 928 g/mol. The van der Waals surface area contributed by atoms with Crippen molar-refractivity contribution < 1.29 is 25.2 Å². The van der Waals surface area contributed by atoms with E-state index >= 15 is 0 Å². The normalized spacial score (nSPS) is 14.1. The molecule has 1 amide bonds. The van der Waals surface area contributed by atoms with Gasteiger partial charge in [0.05, 0.1) is 18.8 Å². The van der Waals surface area contributed by atoms with Gasteiger partial charge in [0.15, 0.2) is 0 Å². The summed E-state index contributed by atoms with van der Waals surface area (Å²) >= 11 is 0. The van der Waals surface area contributed by atoms with Gasteiger partial charge in [0.1, 0.15) is 12.2 Å². The minimum absolute atomic E-state index is 0.351. The molecular weight excluding hydrogens is 815 g/mol. The van der Waals surface area contributed by atoms with E-state index in [1.807, 2.05) is 0 Å². The van der Waals surface area contributed by atoms with Gasteiger partial charge in [-0.1, -0.05) is 255 Å². The highest BCUT2D eigenvalue weighted by Gasteiger charge is 2.28. The van der Waals surface area contributed by atoms with Crippen molar-refractivity contribution in [2.45, 2.75) is 321 Å². The molecule has 5 N–H and O–H groups in total. The molecule has 0 aromatic rings. The Balaban J connectivity index is 3.71. The molecule has 0 aromatic carbocycles. The van der Waals surface area contributed by atoms with Crippen LogP contribution in [0.15, 0.2) is 48.6 Å². The third kappa shape index (κ3) is 47.3. The molecule has 0 aromatic heterocycles. The highest BCUT2D eigenvalue weighted by molar-refractivity contribution is 5.80. The van der Waals surface area contributed by atoms with Crippen molar-refractivity contribution in [3.63, 3.8) is 0 Å². The molecule has 0 bridgehead atoms. The van der Waals surface area contributed by atoms with Crippen LogP contribution in [-0.2, 0) is 4.79 Å². The number of amides is 1. The first-order valence-corrected chi connectivity index (χ1v) is 29.0. The first-order chi connectivity index (χ1) is 32.5. The van der Waals surface area contributed by atoms with Crippen molar-refractivity contribution in [3.8, 4) is 0 Å². The number of unbranched alkanes of at least 4 members (excludes halogenated alkanes) is 36. The lowest BCUT2D eigenvalue weighted by Gasteiger charge is -2.27. The number of rotatable bonds is 53. The number of nitrogens with one attached hydrogen (secondary N) is 1. The van der Waals surface area contributed by atoms with Crippen LogP contribution in [0.25, 0.3) is 0 Å². The third-order valence-corrected chi connectivity index (χ3v) is 13.5. The molecule has 6 nitrogen and oxygen atoms in total. The van der Waals surface area contributed by atoms with Gasteiger partial charge in [0, 0.05) is 0 Å². The lowest BCUT2D eigenvalue weighted by atomic mass is 10.00. The average molecular weight is 929 g/mol. The van der Waals surface area contributed by atoms with E-state index in [-0.39, 0.29) is 0 Å². The van der Waals surface area contributed by atoms with Gasteiger partial charge in [0.2, 0.25) is 5.91 Å². The highest BCUT2D eigenvalue weighted by atomic mass is 16.3. The van der Waals surface area contributed by atoms with Crippen molar-refractivity contribution in [3.05, 3.63) is 48.6 Å². The molecule has 0 heterocycles. The second-order valence-electron chi connectivity index (χ2n) is 20.0. The van der Waals surface area contributed by atoms with Crippen LogP contribution in [0, 0.1) is 0 Å². The Bertz CT molecular complexity index is 1090. The standard InChI is InChI=1S/C60H113NO5/c1-3-5-7-9-11-13-15-17-19-21-23-25-26-27-28-29-30-31-32-33-34-36-37-39-41-43-45-47-49-51-53-57(63)59(65)56(55-62)61-60(66)58(64)54-52-50-48-46-44-42-40-38-35-24-22-20-18-16-14-12-10-8-6-4-2/h32-33,35,37-39,45,47,56-59,62-65H,3-31,34,36,40-44,46,48-55H2,1-2H3,(H,61,66)/b33-32+,38-35-,39-37+,47-45+. The van der Waals surface area contributed by atoms with E-state index in [9.17, 15) is 25.2 Å². The van der Waals surface area contributed by atoms with Crippen LogP contribution in [0.4, 0.5) is 0 Å². The van der Waals surface area contributed by atoms with Gasteiger partial charge in [0.25, 0.3) is 0 Å². The fraction of sp³-hybridized carbons (Fsp3) is 0.850. The summed E-state index contributed by atoms with van der Waals surface area (Å²) in [5, 5.41) is 43.9. The fourth-order valence-corrected chi connectivity index (χ4v) is 8.90. The van der Waals surface area contributed by atoms with Gasteiger partial charge in [-0.15, -0.1) is 0 Å². The molecule has 0 aliphatic carbocycles. The molecular formula is C60H113NO5. The van der Waals surface area contributed by atoms with E-state index in [1.54, 1.807) is 0 Å². The zero-order valence-corrected chi connectivity index (χ0v) is 43.9. The molecule has 388 valence electrons. The smallest absolute Gasteiger partial charge is 0.249 e. The molecule has 0 spiro atoms. The van der Waals surface area contributed by atoms with Crippen molar-refractivity contribution >= 4 is 5.91 Å². The molecule has 0 saturated carbocycles. The van der Waals surface area contributed by atoms with Crippen LogP contribution >= 0.6 is 0 Å². The Labute approximate surface area is 410 Å². The number of allylic oxidation sites excluding steroid dienone is 8. The molecule has 6 heteroatoms. The van der Waals surface area contributed by atoms with Gasteiger partial charge in [-0.3, -0.25) is 4.79 Å². The van der Waals surface area contributed by atoms with Crippen LogP contribution in [0.5, 0.6) is 0 Å². The Morgan fingerprint density at radius 3 is 0.955 bits per heavy atom. The summed E-state index contributed by atoms with van der Waals surface area (Å²) in [7, 11) is 0. The predicted molar refractivity (Wildman–Crippen MR) is 288 cm³/mol. The summed E-state index contributed by atoms with van der Waals surface area (Å²) in [6.07, 6.45) is 69.0. The van der Waals surface area contributed by atoms with E-state index in [4.69, 9.17) is 0 Å². The Hall–Kier alpha value is -1.73. The highest BCUT2D eigenvalue weighted by Crippen LogP contribution is 2.17. The summed E-state index contributed by atoms with van der Waals surface area (Å²) in [5.41, 5.74) is 0. The summed E-state index contributed by atoms with van der Waals surface area (Å²) in [5.74, 6) is -0.603. The number of aliphatic hydroxyl groups excluding tert-OH is 4. The number of carbonyl (C=O) groups is 1. The van der Waals surface area contributed by atoms with Crippen LogP contribution < -0.4 is 5.32 Å². The van der Waals surface area contributed by atoms with Crippen LogP contribution in [0.1, 0.15) is 296 Å². The first-order valence-electron chi connectivity index (χ1n) is 29.0. The molecule has 0 saturated heterocycles. The van der Waals surface area contributed by atoms with Crippen molar-refractivity contribution in [1.29, 1.82) is 0 Å². The molecule has 66 heavy (non-hydrogen) atoms. The lowest BCUT2D eigenvalue weighted by Crippen LogP contribution is -2.53. The Morgan fingerprint density at radius 2 is 0.636 bits per heavy atom. The van der Waals surface area contributed by atoms with Crippen LogP contribution in [0.2, 0.25) is 0 Å². The van der Waals surface area contributed by atoms with Crippen LogP contribution in [0.3, 0.4) is 0 Å². The van der Waals surface area contributed by atoms with E-state index < -0.39 is 36.9 Å². The maximum absolute atomic E-state index is 12.6. The van der Waals surface area contributed by atoms with Crippen LogP contribution in [-0.4, -0.2) is 57.3 Å². The maximum Gasteiger partial charge on any atom is 0.249 e. The fourth-order valence-electron chi connectivity index (χ4n) is 8.90. The second kappa shape index (κ2) is 54.2. The topological polar surface area (TPSA) is 110 Å². The molecule has 0 radical (unpaired) electrons. The van der Waals surface area contributed by atoms with Gasteiger partial charge in [-0.2, -0.15) is 0 Å². The number of hydrogen-bond acceptors (Lipinski definition) is 5. The molecule has 0 aliphatic heterocycles. The van der Waals surface area contributed by atoms with Gasteiger partial charge in [-0.05, 0) is 89.9 Å². The van der Waals surface area contributed by atoms with Gasteiger partial charge < -0.3 is 25.7 Å². The van der Waals surface area contributed by atoms with Gasteiger partial charge >= 0.3 is 0 Å². The summed E-state index contributed by atoms with van der Waals surface area (Å²) < 4.78 is 0. The molecule has 0 aliphatic rings. The van der Waals surface area contributed by atoms with E-state index in [0.717, 1.165) is 64.2 Å². The lowest BCUT2D eigenvalue weighted by molar-refractivity contribution is -0.132. The number of aliphatic hydroxyl groups is 4. The van der Waals surface area contributed by atoms with E-state index in [2.05, 4.69) is 67.8 Å². The minimum Gasteiger partial charge on any atom is -0.394 e. The molecule has 4 atom stereocenters. The Morgan fingerprint density at radius 1 is 0.364 bits per heavy atom. The predicted octanol–water partition coefficient (Wildman–Crippen LogP) is 17.0. The SMILES string of the molecule is CCCCCCCCCCCC/C=C\CCCCCCCCC(O)C(=O)NC(CO)C(O)C(O)CCC/C=C/CC/C=C/CC/C=C/CCCCCCCCCCCCCCCCCCC. The van der Waals surface area contributed by atoms with Crippen molar-refractivity contribution in [2.24, 2.45) is 0 Å². The third-order valence-electron chi connectivity index (χ3n) is 13.5. The van der Waals surface area contributed by atoms with E-state index in [0.29, 0.717) is 19.3 Å². The molecule has 0 fully saturated rings. The summed E-state index contributed by atoms with van der Waals surface area (Å²) in [6.45, 7) is 4.06. The number of hydrogen-bond donors (Lipinski definition) is 5. The average Bonchev–Trinajstić information content (AvgIpc) is 3.32. The molecule has 0 rings (SSSR count). The minimum atomic E-state index is -1.30. The Kier molecular flexibility index (Phi) is 52.8. The quantitative estimate of drug-likeness (QED) is 0.0308. The number of carbonyl (C=O) groups excluding carboxylic acids is 1. The van der Waals surface area contributed by atoms with Crippen molar-refractivity contribution in [1.82, 2.24) is 5.32 Å². The zero-order valence-electron chi connectivity index (χ0n) is 43.9. The van der Waals surface area contributed by atoms with E-state index in [1.165, 1.54) is 199 Å². The van der Waals surface area contributed by atoms with Gasteiger partial charge in [-0.25, -0.2) is 0 Å². The molecule has 4 unspecified atom stereocenters. The largest absolute Gasteiger partial charge is 0.394 e. The summed E-state index contributed by atoms with van der Waals surface area (Å²) in [6, 6.07) is -1.02. The second-order valence-corrected chi connectivity index (χ2v) is 20.0.